The molecule has 0 aliphatic rings. The summed E-state index contributed by atoms with van der Waals surface area (Å²) in [4.78, 5) is 0. The number of hydrogen-bond donors (Lipinski definition) is 2. The number of benzene rings is 2. The molecule has 3 nitrogen and oxygen atoms in total. The van der Waals surface area contributed by atoms with Gasteiger partial charge in [-0.3, -0.25) is 0 Å². The van der Waals surface area contributed by atoms with Crippen molar-refractivity contribution >= 4 is 0 Å². The SMILES string of the molecule is CCCc1ccc(OC[C@@H](O)CN[C@@H](C)c2ccccc2)cc1. The van der Waals surface area contributed by atoms with Crippen molar-refractivity contribution in [2.75, 3.05) is 13.2 Å². The molecule has 2 atom stereocenters. The number of rotatable bonds is 9. The van der Waals surface area contributed by atoms with Gasteiger partial charge in [0, 0.05) is 12.6 Å². The lowest BCUT2D eigenvalue weighted by Gasteiger charge is -2.18. The van der Waals surface area contributed by atoms with Gasteiger partial charge in [-0.15, -0.1) is 0 Å². The van der Waals surface area contributed by atoms with Crippen molar-refractivity contribution in [2.45, 2.75) is 38.8 Å². The summed E-state index contributed by atoms with van der Waals surface area (Å²) in [5.74, 6) is 0.806. The molecule has 0 unspecified atom stereocenters. The van der Waals surface area contributed by atoms with E-state index in [1.54, 1.807) is 0 Å². The largest absolute Gasteiger partial charge is 0.491 e. The number of hydrogen-bond acceptors (Lipinski definition) is 3. The Morgan fingerprint density at radius 1 is 1.04 bits per heavy atom. The first-order chi connectivity index (χ1) is 11.2. The molecule has 0 amide bonds. The second kappa shape index (κ2) is 9.33. The average Bonchev–Trinajstić information content (AvgIpc) is 2.60. The van der Waals surface area contributed by atoms with Crippen LogP contribution >= 0.6 is 0 Å². The topological polar surface area (TPSA) is 41.5 Å². The summed E-state index contributed by atoms with van der Waals surface area (Å²) in [6.45, 7) is 5.06. The van der Waals surface area contributed by atoms with Crippen LogP contribution in [0.4, 0.5) is 0 Å². The molecule has 0 fully saturated rings. The molecule has 2 aromatic rings. The molecule has 0 saturated carbocycles. The first-order valence-corrected chi connectivity index (χ1v) is 8.37. The van der Waals surface area contributed by atoms with E-state index in [0.29, 0.717) is 13.2 Å². The van der Waals surface area contributed by atoms with Gasteiger partial charge in [-0.05, 0) is 36.6 Å². The van der Waals surface area contributed by atoms with E-state index in [1.165, 1.54) is 11.1 Å². The van der Waals surface area contributed by atoms with E-state index in [-0.39, 0.29) is 6.04 Å². The zero-order valence-electron chi connectivity index (χ0n) is 14.0. The number of nitrogens with one attached hydrogen (secondary N) is 1. The quantitative estimate of drug-likeness (QED) is 0.741. The normalized spacial score (nSPS) is 13.5. The van der Waals surface area contributed by atoms with Gasteiger partial charge in [0.1, 0.15) is 18.5 Å². The summed E-state index contributed by atoms with van der Waals surface area (Å²) >= 11 is 0. The highest BCUT2D eigenvalue weighted by atomic mass is 16.5. The maximum absolute atomic E-state index is 10.1. The zero-order valence-corrected chi connectivity index (χ0v) is 14.0. The Hall–Kier alpha value is -1.84. The standard InChI is InChI=1S/C20H27NO2/c1-3-7-17-10-12-20(13-11-17)23-15-19(22)14-21-16(2)18-8-5-4-6-9-18/h4-6,8-13,16,19,21-22H,3,7,14-15H2,1-2H3/t16-,19-/m0/s1. The minimum absolute atomic E-state index is 0.208. The lowest BCUT2D eigenvalue weighted by Crippen LogP contribution is -2.33. The molecule has 0 aliphatic carbocycles. The highest BCUT2D eigenvalue weighted by molar-refractivity contribution is 5.27. The Balaban J connectivity index is 1.71. The molecular formula is C20H27NO2. The van der Waals surface area contributed by atoms with E-state index in [2.05, 4.69) is 43.4 Å². The highest BCUT2D eigenvalue weighted by Crippen LogP contribution is 2.14. The third-order valence-corrected chi connectivity index (χ3v) is 3.86. The predicted octanol–water partition coefficient (Wildman–Crippen LogP) is 3.73. The highest BCUT2D eigenvalue weighted by Gasteiger charge is 2.09. The maximum Gasteiger partial charge on any atom is 0.119 e. The average molecular weight is 313 g/mol. The van der Waals surface area contributed by atoms with Gasteiger partial charge in [0.15, 0.2) is 0 Å². The Bertz CT molecular complexity index is 554. The molecular weight excluding hydrogens is 286 g/mol. The van der Waals surface area contributed by atoms with Crippen LogP contribution in [-0.2, 0) is 6.42 Å². The van der Waals surface area contributed by atoms with E-state index in [9.17, 15) is 5.11 Å². The van der Waals surface area contributed by atoms with Crippen molar-refractivity contribution < 1.29 is 9.84 Å². The van der Waals surface area contributed by atoms with Crippen LogP contribution < -0.4 is 10.1 Å². The molecule has 0 bridgehead atoms. The van der Waals surface area contributed by atoms with Crippen molar-refractivity contribution in [3.63, 3.8) is 0 Å². The smallest absolute Gasteiger partial charge is 0.119 e. The maximum atomic E-state index is 10.1. The van der Waals surface area contributed by atoms with Crippen molar-refractivity contribution in [1.82, 2.24) is 5.32 Å². The van der Waals surface area contributed by atoms with Crippen LogP contribution in [0.2, 0.25) is 0 Å². The lowest BCUT2D eigenvalue weighted by molar-refractivity contribution is 0.104. The lowest BCUT2D eigenvalue weighted by atomic mass is 10.1. The van der Waals surface area contributed by atoms with E-state index in [1.807, 2.05) is 30.3 Å². The van der Waals surface area contributed by atoms with Crippen LogP contribution in [0.1, 0.15) is 37.4 Å². The number of aliphatic hydroxyl groups is 1. The Kier molecular flexibility index (Phi) is 7.11. The molecule has 2 aromatic carbocycles. The van der Waals surface area contributed by atoms with Crippen molar-refractivity contribution in [3.05, 3.63) is 65.7 Å². The van der Waals surface area contributed by atoms with Gasteiger partial charge in [-0.2, -0.15) is 0 Å². The number of aryl methyl sites for hydroxylation is 1. The van der Waals surface area contributed by atoms with Gasteiger partial charge in [-0.1, -0.05) is 55.8 Å². The first kappa shape index (κ1) is 17.5. The molecule has 2 N–H and O–H groups in total. The predicted molar refractivity (Wildman–Crippen MR) is 94.8 cm³/mol. The molecule has 0 heterocycles. The van der Waals surface area contributed by atoms with Crippen LogP contribution in [-0.4, -0.2) is 24.4 Å². The summed E-state index contributed by atoms with van der Waals surface area (Å²) < 4.78 is 5.65. The summed E-state index contributed by atoms with van der Waals surface area (Å²) in [6.07, 6.45) is 1.70. The molecule has 0 radical (unpaired) electrons. The Morgan fingerprint density at radius 2 is 1.74 bits per heavy atom. The number of ether oxygens (including phenoxy) is 1. The van der Waals surface area contributed by atoms with Crippen LogP contribution in [0.25, 0.3) is 0 Å². The third-order valence-electron chi connectivity index (χ3n) is 3.86. The van der Waals surface area contributed by atoms with Crippen LogP contribution in [0.5, 0.6) is 5.75 Å². The van der Waals surface area contributed by atoms with Crippen molar-refractivity contribution in [3.8, 4) is 5.75 Å². The molecule has 0 aromatic heterocycles. The summed E-state index contributed by atoms with van der Waals surface area (Å²) in [5, 5.41) is 13.4. The second-order valence-electron chi connectivity index (χ2n) is 5.90. The number of aliphatic hydroxyl groups excluding tert-OH is 1. The second-order valence-corrected chi connectivity index (χ2v) is 5.90. The van der Waals surface area contributed by atoms with Gasteiger partial charge in [0.25, 0.3) is 0 Å². The first-order valence-electron chi connectivity index (χ1n) is 8.37. The van der Waals surface area contributed by atoms with Gasteiger partial charge >= 0.3 is 0 Å². The Labute approximate surface area is 139 Å². The molecule has 3 heteroatoms. The summed E-state index contributed by atoms with van der Waals surface area (Å²) in [6, 6.07) is 18.5. The van der Waals surface area contributed by atoms with E-state index < -0.39 is 6.10 Å². The molecule has 0 saturated heterocycles. The molecule has 2 rings (SSSR count). The van der Waals surface area contributed by atoms with Crippen LogP contribution in [0.3, 0.4) is 0 Å². The summed E-state index contributed by atoms with van der Waals surface area (Å²) in [5.41, 5.74) is 2.53. The van der Waals surface area contributed by atoms with Gasteiger partial charge in [-0.25, -0.2) is 0 Å². The molecule has 0 spiro atoms. The van der Waals surface area contributed by atoms with E-state index >= 15 is 0 Å². The third kappa shape index (κ3) is 6.05. The fourth-order valence-electron chi connectivity index (χ4n) is 2.46. The van der Waals surface area contributed by atoms with Crippen LogP contribution in [0, 0.1) is 0 Å². The fraction of sp³-hybridized carbons (Fsp3) is 0.400. The van der Waals surface area contributed by atoms with Gasteiger partial charge in [0.2, 0.25) is 0 Å². The van der Waals surface area contributed by atoms with Crippen LogP contribution in [0.15, 0.2) is 54.6 Å². The molecule has 124 valence electrons. The van der Waals surface area contributed by atoms with Gasteiger partial charge in [0.05, 0.1) is 0 Å². The fourth-order valence-corrected chi connectivity index (χ4v) is 2.46. The van der Waals surface area contributed by atoms with E-state index in [4.69, 9.17) is 4.74 Å². The van der Waals surface area contributed by atoms with E-state index in [0.717, 1.165) is 18.6 Å². The Morgan fingerprint density at radius 3 is 2.39 bits per heavy atom. The van der Waals surface area contributed by atoms with Gasteiger partial charge < -0.3 is 15.2 Å². The van der Waals surface area contributed by atoms with Crippen molar-refractivity contribution in [1.29, 1.82) is 0 Å². The molecule has 23 heavy (non-hydrogen) atoms. The summed E-state index contributed by atoms with van der Waals surface area (Å²) in [7, 11) is 0. The van der Waals surface area contributed by atoms with Crippen molar-refractivity contribution in [2.24, 2.45) is 0 Å². The minimum atomic E-state index is -0.531. The monoisotopic (exact) mass is 313 g/mol. The zero-order chi connectivity index (χ0) is 16.5. The minimum Gasteiger partial charge on any atom is -0.491 e. The molecule has 0 aliphatic heterocycles.